The summed E-state index contributed by atoms with van der Waals surface area (Å²) in [7, 11) is -6.73. The monoisotopic (exact) mass is 571 g/mol. The number of halogens is 2. The van der Waals surface area contributed by atoms with Crippen LogP contribution in [-0.2, 0) is 20.0 Å². The predicted molar refractivity (Wildman–Crippen MR) is 140 cm³/mol. The fraction of sp³-hybridized carbons (Fsp3) is 0.174. The predicted octanol–water partition coefficient (Wildman–Crippen LogP) is 4.74. The van der Waals surface area contributed by atoms with E-state index in [1.807, 2.05) is 0 Å². The van der Waals surface area contributed by atoms with Gasteiger partial charge in [-0.05, 0) is 74.5 Å². The molecule has 0 unspecified atom stereocenters. The minimum Gasteiger partial charge on any atom is -0.496 e. The Labute approximate surface area is 219 Å². The van der Waals surface area contributed by atoms with Gasteiger partial charge in [0.05, 0.1) is 28.2 Å². The average molecular weight is 572 g/mol. The summed E-state index contributed by atoms with van der Waals surface area (Å²) in [6, 6.07) is 13.1. The van der Waals surface area contributed by atoms with Crippen molar-refractivity contribution < 1.29 is 26.4 Å². The molecule has 3 aromatic carbocycles. The second-order valence-electron chi connectivity index (χ2n) is 7.88. The third kappa shape index (κ3) is 6.82. The Morgan fingerprint density at radius 3 is 1.86 bits per heavy atom. The molecular weight excluding hydrogens is 549 g/mol. The standard InChI is InChI=1S/C23H23Cl2N3O6S2/c1-14(2)26-23(29)21-13-20(8-9-22(21)34-3)36(32,33)27-17-4-6-19(7-5-17)35(30,31)28-18-11-15(24)10-16(25)12-18/h4-14,27-28H,1-3H3,(H,26,29). The quantitative estimate of drug-likeness (QED) is 0.340. The second kappa shape index (κ2) is 11.0. The molecule has 0 aromatic heterocycles. The van der Waals surface area contributed by atoms with Crippen LogP contribution in [0.4, 0.5) is 11.4 Å². The van der Waals surface area contributed by atoms with E-state index < -0.39 is 26.0 Å². The van der Waals surface area contributed by atoms with Crippen molar-refractivity contribution in [3.05, 3.63) is 76.3 Å². The number of rotatable bonds is 9. The number of methoxy groups -OCH3 is 1. The normalized spacial score (nSPS) is 11.7. The summed E-state index contributed by atoms with van der Waals surface area (Å²) < 4.78 is 61.2. The van der Waals surface area contributed by atoms with Crippen LogP contribution in [0.1, 0.15) is 24.2 Å². The molecule has 0 aliphatic heterocycles. The van der Waals surface area contributed by atoms with E-state index in [9.17, 15) is 21.6 Å². The van der Waals surface area contributed by atoms with Crippen LogP contribution in [-0.4, -0.2) is 35.9 Å². The van der Waals surface area contributed by atoms with E-state index in [2.05, 4.69) is 14.8 Å². The van der Waals surface area contributed by atoms with E-state index >= 15 is 0 Å². The third-order valence-electron chi connectivity index (χ3n) is 4.68. The Kier molecular flexibility index (Phi) is 8.40. The van der Waals surface area contributed by atoms with Crippen molar-refractivity contribution in [3.8, 4) is 5.75 Å². The molecule has 13 heteroatoms. The first-order valence-electron chi connectivity index (χ1n) is 10.4. The first kappa shape index (κ1) is 27.6. The summed E-state index contributed by atoms with van der Waals surface area (Å²) >= 11 is 11.8. The lowest BCUT2D eigenvalue weighted by Gasteiger charge is -2.14. The highest BCUT2D eigenvalue weighted by atomic mass is 35.5. The first-order valence-corrected chi connectivity index (χ1v) is 14.1. The second-order valence-corrected chi connectivity index (χ2v) is 12.1. The van der Waals surface area contributed by atoms with Gasteiger partial charge in [0.1, 0.15) is 5.75 Å². The van der Waals surface area contributed by atoms with Gasteiger partial charge in [-0.1, -0.05) is 23.2 Å². The highest BCUT2D eigenvalue weighted by Gasteiger charge is 2.21. The van der Waals surface area contributed by atoms with Crippen LogP contribution in [0.5, 0.6) is 5.75 Å². The summed E-state index contributed by atoms with van der Waals surface area (Å²) in [4.78, 5) is 12.2. The Bertz CT molecular complexity index is 1470. The molecule has 3 rings (SSSR count). The third-order valence-corrected chi connectivity index (χ3v) is 7.89. The van der Waals surface area contributed by atoms with Crippen molar-refractivity contribution >= 4 is 60.5 Å². The lowest BCUT2D eigenvalue weighted by Crippen LogP contribution is -2.30. The van der Waals surface area contributed by atoms with Crippen molar-refractivity contribution in [3.63, 3.8) is 0 Å². The Morgan fingerprint density at radius 1 is 0.778 bits per heavy atom. The van der Waals surface area contributed by atoms with E-state index in [0.717, 1.165) is 0 Å². The molecule has 0 aliphatic carbocycles. The van der Waals surface area contributed by atoms with Crippen LogP contribution < -0.4 is 19.5 Å². The summed E-state index contributed by atoms with van der Waals surface area (Å²) in [6.45, 7) is 3.55. The van der Waals surface area contributed by atoms with Gasteiger partial charge in [0, 0.05) is 21.8 Å². The van der Waals surface area contributed by atoms with Gasteiger partial charge in [-0.15, -0.1) is 0 Å². The number of hydrogen-bond acceptors (Lipinski definition) is 6. The number of nitrogens with one attached hydrogen (secondary N) is 3. The molecular formula is C23H23Cl2N3O6S2. The van der Waals surface area contributed by atoms with Crippen molar-refractivity contribution in [1.82, 2.24) is 5.32 Å². The molecule has 0 fully saturated rings. The van der Waals surface area contributed by atoms with Gasteiger partial charge < -0.3 is 10.1 Å². The Balaban J connectivity index is 1.82. The van der Waals surface area contributed by atoms with Gasteiger partial charge in [0.2, 0.25) is 0 Å². The van der Waals surface area contributed by atoms with E-state index in [1.54, 1.807) is 13.8 Å². The van der Waals surface area contributed by atoms with Gasteiger partial charge in [-0.2, -0.15) is 0 Å². The number of ether oxygens (including phenoxy) is 1. The number of carbonyl (C=O) groups excluding carboxylic acids is 1. The molecule has 9 nitrogen and oxygen atoms in total. The number of hydrogen-bond donors (Lipinski definition) is 3. The van der Waals surface area contributed by atoms with Gasteiger partial charge in [-0.3, -0.25) is 14.2 Å². The van der Waals surface area contributed by atoms with Gasteiger partial charge in [-0.25, -0.2) is 16.8 Å². The molecule has 0 saturated heterocycles. The minimum atomic E-state index is -4.11. The zero-order chi connectivity index (χ0) is 26.7. The highest BCUT2D eigenvalue weighted by Crippen LogP contribution is 2.27. The van der Waals surface area contributed by atoms with Crippen LogP contribution in [0.25, 0.3) is 0 Å². The lowest BCUT2D eigenvalue weighted by molar-refractivity contribution is 0.0940. The molecule has 0 heterocycles. The maximum absolute atomic E-state index is 12.9. The Hall–Kier alpha value is -2.99. The molecule has 0 radical (unpaired) electrons. The highest BCUT2D eigenvalue weighted by molar-refractivity contribution is 7.93. The number of anilines is 2. The average Bonchev–Trinajstić information content (AvgIpc) is 2.77. The largest absolute Gasteiger partial charge is 0.496 e. The van der Waals surface area contributed by atoms with Crippen LogP contribution in [0.3, 0.4) is 0 Å². The maximum atomic E-state index is 12.9. The summed E-state index contributed by atoms with van der Waals surface area (Å²) in [5, 5.41) is 3.21. The van der Waals surface area contributed by atoms with Crippen LogP contribution in [0.15, 0.2) is 70.5 Å². The summed E-state index contributed by atoms with van der Waals surface area (Å²) in [5.74, 6) is -0.267. The first-order chi connectivity index (χ1) is 16.8. The van der Waals surface area contributed by atoms with Crippen LogP contribution in [0.2, 0.25) is 10.0 Å². The number of amides is 1. The molecule has 0 saturated carbocycles. The number of benzene rings is 3. The molecule has 3 aromatic rings. The SMILES string of the molecule is COc1ccc(S(=O)(=O)Nc2ccc(S(=O)(=O)Nc3cc(Cl)cc(Cl)c3)cc2)cc1C(=O)NC(C)C. The molecule has 0 aliphatic rings. The smallest absolute Gasteiger partial charge is 0.261 e. The zero-order valence-electron chi connectivity index (χ0n) is 19.4. The lowest BCUT2D eigenvalue weighted by atomic mass is 10.2. The van der Waals surface area contributed by atoms with Crippen LogP contribution >= 0.6 is 23.2 Å². The van der Waals surface area contributed by atoms with Crippen LogP contribution in [0, 0.1) is 0 Å². The summed E-state index contributed by atoms with van der Waals surface area (Å²) in [6.07, 6.45) is 0. The molecule has 36 heavy (non-hydrogen) atoms. The van der Waals surface area contributed by atoms with E-state index in [1.165, 1.54) is 67.8 Å². The van der Waals surface area contributed by atoms with E-state index in [0.29, 0.717) is 0 Å². The van der Waals surface area contributed by atoms with Crippen molar-refractivity contribution in [2.24, 2.45) is 0 Å². The number of sulfonamides is 2. The Morgan fingerprint density at radius 2 is 1.31 bits per heavy atom. The summed E-state index contributed by atoms with van der Waals surface area (Å²) in [5.41, 5.74) is 0.348. The topological polar surface area (TPSA) is 131 Å². The van der Waals surface area contributed by atoms with Crippen molar-refractivity contribution in [2.45, 2.75) is 29.7 Å². The van der Waals surface area contributed by atoms with E-state index in [-0.39, 0.29) is 48.6 Å². The van der Waals surface area contributed by atoms with Gasteiger partial charge >= 0.3 is 0 Å². The van der Waals surface area contributed by atoms with Crippen molar-refractivity contribution in [2.75, 3.05) is 16.6 Å². The van der Waals surface area contributed by atoms with E-state index in [4.69, 9.17) is 27.9 Å². The fourth-order valence-electron chi connectivity index (χ4n) is 3.11. The molecule has 1 amide bonds. The fourth-order valence-corrected chi connectivity index (χ4v) is 5.77. The minimum absolute atomic E-state index is 0.0581. The van der Waals surface area contributed by atoms with Crippen molar-refractivity contribution in [1.29, 1.82) is 0 Å². The molecule has 0 bridgehead atoms. The molecule has 0 spiro atoms. The molecule has 0 atom stereocenters. The zero-order valence-corrected chi connectivity index (χ0v) is 22.5. The van der Waals surface area contributed by atoms with Gasteiger partial charge in [0.25, 0.3) is 26.0 Å². The van der Waals surface area contributed by atoms with Gasteiger partial charge in [0.15, 0.2) is 0 Å². The molecule has 3 N–H and O–H groups in total. The maximum Gasteiger partial charge on any atom is 0.261 e. The molecule has 192 valence electrons. The number of carbonyl (C=O) groups is 1.